The van der Waals surface area contributed by atoms with E-state index < -0.39 is 0 Å². The number of nitrogens with zero attached hydrogens (tertiary/aromatic N) is 1. The van der Waals surface area contributed by atoms with Crippen molar-refractivity contribution in [3.63, 3.8) is 0 Å². The molecule has 0 spiro atoms. The van der Waals surface area contributed by atoms with Crippen LogP contribution in [0.5, 0.6) is 0 Å². The van der Waals surface area contributed by atoms with Crippen LogP contribution in [-0.2, 0) is 0 Å². The molecule has 2 rings (SSSR count). The molecule has 1 aromatic heterocycles. The highest BCUT2D eigenvalue weighted by Crippen LogP contribution is 2.20. The SMILES string of the molecule is CC(C)c1cc(C(=O)NC2CCCCC2)cc(Cl)n1. The molecule has 104 valence electrons. The summed E-state index contributed by atoms with van der Waals surface area (Å²) in [6, 6.07) is 3.80. The Kier molecular flexibility index (Phi) is 4.81. The molecule has 1 saturated carbocycles. The maximum atomic E-state index is 12.2. The van der Waals surface area contributed by atoms with E-state index in [4.69, 9.17) is 11.6 Å². The molecule has 1 aliphatic rings. The zero-order chi connectivity index (χ0) is 13.8. The van der Waals surface area contributed by atoms with Gasteiger partial charge in [-0.2, -0.15) is 0 Å². The molecule has 19 heavy (non-hydrogen) atoms. The predicted molar refractivity (Wildman–Crippen MR) is 77.7 cm³/mol. The van der Waals surface area contributed by atoms with Gasteiger partial charge in [-0.3, -0.25) is 4.79 Å². The molecule has 1 N–H and O–H groups in total. The minimum Gasteiger partial charge on any atom is -0.349 e. The van der Waals surface area contributed by atoms with Gasteiger partial charge in [-0.1, -0.05) is 44.7 Å². The van der Waals surface area contributed by atoms with Crippen molar-refractivity contribution < 1.29 is 4.79 Å². The minimum absolute atomic E-state index is 0.0295. The van der Waals surface area contributed by atoms with E-state index in [9.17, 15) is 4.79 Å². The van der Waals surface area contributed by atoms with Gasteiger partial charge in [-0.15, -0.1) is 0 Å². The van der Waals surface area contributed by atoms with Crippen LogP contribution in [0.3, 0.4) is 0 Å². The van der Waals surface area contributed by atoms with E-state index in [0.717, 1.165) is 18.5 Å². The Labute approximate surface area is 119 Å². The second kappa shape index (κ2) is 6.38. The Morgan fingerprint density at radius 3 is 2.63 bits per heavy atom. The number of nitrogens with one attached hydrogen (secondary N) is 1. The van der Waals surface area contributed by atoms with E-state index in [0.29, 0.717) is 16.8 Å². The van der Waals surface area contributed by atoms with Gasteiger partial charge in [0.2, 0.25) is 0 Å². The molecule has 0 radical (unpaired) electrons. The topological polar surface area (TPSA) is 42.0 Å². The van der Waals surface area contributed by atoms with Gasteiger partial charge in [-0.25, -0.2) is 4.98 Å². The molecule has 0 bridgehead atoms. The number of hydrogen-bond acceptors (Lipinski definition) is 2. The van der Waals surface area contributed by atoms with E-state index in [1.54, 1.807) is 6.07 Å². The van der Waals surface area contributed by atoms with E-state index >= 15 is 0 Å². The molecule has 1 fully saturated rings. The van der Waals surface area contributed by atoms with Gasteiger partial charge >= 0.3 is 0 Å². The van der Waals surface area contributed by atoms with Gasteiger partial charge in [0.15, 0.2) is 0 Å². The van der Waals surface area contributed by atoms with Crippen molar-refractivity contribution in [3.05, 3.63) is 28.5 Å². The molecule has 0 aliphatic heterocycles. The van der Waals surface area contributed by atoms with E-state index in [-0.39, 0.29) is 11.8 Å². The van der Waals surface area contributed by atoms with Crippen molar-refractivity contribution in [2.45, 2.75) is 57.9 Å². The summed E-state index contributed by atoms with van der Waals surface area (Å²) in [5.41, 5.74) is 1.48. The Hall–Kier alpha value is -1.09. The lowest BCUT2D eigenvalue weighted by Gasteiger charge is -2.23. The summed E-state index contributed by atoms with van der Waals surface area (Å²) in [6.07, 6.45) is 5.87. The molecule has 1 aliphatic carbocycles. The van der Waals surface area contributed by atoms with Crippen LogP contribution in [0, 0.1) is 0 Å². The summed E-state index contributed by atoms with van der Waals surface area (Å²) in [4.78, 5) is 16.5. The third kappa shape index (κ3) is 3.93. The van der Waals surface area contributed by atoms with Gasteiger partial charge < -0.3 is 5.32 Å². The Bertz CT molecular complexity index is 453. The fourth-order valence-corrected chi connectivity index (χ4v) is 2.67. The molecule has 0 unspecified atom stereocenters. The lowest BCUT2D eigenvalue weighted by atomic mass is 9.95. The number of carbonyl (C=O) groups is 1. The standard InChI is InChI=1S/C15H21ClN2O/c1-10(2)13-8-11(9-14(16)18-13)15(19)17-12-6-4-3-5-7-12/h8-10,12H,3-7H2,1-2H3,(H,17,19). The number of hydrogen-bond donors (Lipinski definition) is 1. The first kappa shape index (κ1) is 14.3. The smallest absolute Gasteiger partial charge is 0.251 e. The van der Waals surface area contributed by atoms with Crippen molar-refractivity contribution in [2.24, 2.45) is 0 Å². The number of carbonyl (C=O) groups excluding carboxylic acids is 1. The molecule has 0 atom stereocenters. The molecular weight excluding hydrogens is 260 g/mol. The van der Waals surface area contributed by atoms with E-state index in [1.165, 1.54) is 19.3 Å². The average molecular weight is 281 g/mol. The van der Waals surface area contributed by atoms with Crippen molar-refractivity contribution in [1.29, 1.82) is 0 Å². The fourth-order valence-electron chi connectivity index (χ4n) is 2.46. The van der Waals surface area contributed by atoms with Crippen molar-refractivity contribution in [3.8, 4) is 0 Å². The summed E-state index contributed by atoms with van der Waals surface area (Å²) in [7, 11) is 0. The van der Waals surface area contributed by atoms with Gasteiger partial charge in [0, 0.05) is 17.3 Å². The quantitative estimate of drug-likeness (QED) is 0.853. The molecule has 1 amide bonds. The van der Waals surface area contributed by atoms with Crippen LogP contribution in [0.4, 0.5) is 0 Å². The maximum absolute atomic E-state index is 12.2. The number of aromatic nitrogens is 1. The molecule has 3 nitrogen and oxygen atoms in total. The van der Waals surface area contributed by atoms with Crippen LogP contribution >= 0.6 is 11.6 Å². The normalized spacial score (nSPS) is 16.6. The van der Waals surface area contributed by atoms with Crippen LogP contribution in [0.1, 0.15) is 67.9 Å². The highest BCUT2D eigenvalue weighted by molar-refractivity contribution is 6.29. The minimum atomic E-state index is -0.0295. The second-order valence-corrected chi connectivity index (χ2v) is 5.95. The van der Waals surface area contributed by atoms with Crippen LogP contribution in [0.25, 0.3) is 0 Å². The van der Waals surface area contributed by atoms with Crippen LogP contribution in [-0.4, -0.2) is 16.9 Å². The van der Waals surface area contributed by atoms with Gasteiger partial charge in [0.05, 0.1) is 0 Å². The highest BCUT2D eigenvalue weighted by Gasteiger charge is 2.17. The number of pyridine rings is 1. The maximum Gasteiger partial charge on any atom is 0.251 e. The Balaban J connectivity index is 2.09. The first-order valence-corrected chi connectivity index (χ1v) is 7.42. The van der Waals surface area contributed by atoms with Gasteiger partial charge in [0.1, 0.15) is 5.15 Å². The summed E-state index contributed by atoms with van der Waals surface area (Å²) >= 11 is 5.99. The van der Waals surface area contributed by atoms with Crippen LogP contribution < -0.4 is 5.32 Å². The summed E-state index contributed by atoms with van der Waals surface area (Å²) in [5.74, 6) is 0.234. The average Bonchev–Trinajstić information content (AvgIpc) is 2.39. The molecule has 4 heteroatoms. The Morgan fingerprint density at radius 2 is 2.00 bits per heavy atom. The monoisotopic (exact) mass is 280 g/mol. The molecule has 0 saturated heterocycles. The number of halogens is 1. The van der Waals surface area contributed by atoms with Crippen molar-refractivity contribution >= 4 is 17.5 Å². The largest absolute Gasteiger partial charge is 0.349 e. The Morgan fingerprint density at radius 1 is 1.32 bits per heavy atom. The first-order valence-electron chi connectivity index (χ1n) is 7.04. The molecule has 1 aromatic rings. The first-order chi connectivity index (χ1) is 9.06. The van der Waals surface area contributed by atoms with Crippen LogP contribution in [0.2, 0.25) is 5.15 Å². The van der Waals surface area contributed by atoms with E-state index in [2.05, 4.69) is 10.3 Å². The third-order valence-electron chi connectivity index (χ3n) is 3.61. The van der Waals surface area contributed by atoms with Crippen molar-refractivity contribution in [2.75, 3.05) is 0 Å². The summed E-state index contributed by atoms with van der Waals surface area (Å²) in [5, 5.41) is 3.49. The van der Waals surface area contributed by atoms with Gasteiger partial charge in [-0.05, 0) is 30.9 Å². The molecule has 1 heterocycles. The zero-order valence-corrected chi connectivity index (χ0v) is 12.3. The fraction of sp³-hybridized carbons (Fsp3) is 0.600. The van der Waals surface area contributed by atoms with Crippen molar-refractivity contribution in [1.82, 2.24) is 10.3 Å². The van der Waals surface area contributed by atoms with E-state index in [1.807, 2.05) is 19.9 Å². The summed E-state index contributed by atoms with van der Waals surface area (Å²) < 4.78 is 0. The molecular formula is C15H21ClN2O. The number of amides is 1. The summed E-state index contributed by atoms with van der Waals surface area (Å²) in [6.45, 7) is 4.09. The lowest BCUT2D eigenvalue weighted by molar-refractivity contribution is 0.0927. The number of rotatable bonds is 3. The zero-order valence-electron chi connectivity index (χ0n) is 11.6. The molecule has 0 aromatic carbocycles. The predicted octanol–water partition coefficient (Wildman–Crippen LogP) is 3.92. The third-order valence-corrected chi connectivity index (χ3v) is 3.80. The lowest BCUT2D eigenvalue weighted by Crippen LogP contribution is -2.36. The second-order valence-electron chi connectivity index (χ2n) is 5.57. The van der Waals surface area contributed by atoms with Gasteiger partial charge in [0.25, 0.3) is 5.91 Å². The highest BCUT2D eigenvalue weighted by atomic mass is 35.5. The van der Waals surface area contributed by atoms with Crippen LogP contribution in [0.15, 0.2) is 12.1 Å².